The number of hydrogen-bond acceptors (Lipinski definition) is 3. The summed E-state index contributed by atoms with van der Waals surface area (Å²) in [5.74, 6) is 0.816. The van der Waals surface area contributed by atoms with Crippen LogP contribution < -0.4 is 4.74 Å². The van der Waals surface area contributed by atoms with E-state index < -0.39 is 0 Å². The summed E-state index contributed by atoms with van der Waals surface area (Å²) in [6.07, 6.45) is 4.02. The Morgan fingerprint density at radius 1 is 1.18 bits per heavy atom. The Kier molecular flexibility index (Phi) is 4.01. The first-order chi connectivity index (χ1) is 10.8. The van der Waals surface area contributed by atoms with Gasteiger partial charge in [-0.1, -0.05) is 42.5 Å². The van der Waals surface area contributed by atoms with Crippen molar-refractivity contribution in [2.75, 3.05) is 7.11 Å². The van der Waals surface area contributed by atoms with E-state index in [1.807, 2.05) is 41.0 Å². The van der Waals surface area contributed by atoms with Crippen LogP contribution in [0, 0.1) is 0 Å². The fraction of sp³-hybridized carbons (Fsp3) is 0.111. The summed E-state index contributed by atoms with van der Waals surface area (Å²) < 4.78 is 7.33. The fourth-order valence-electron chi connectivity index (χ4n) is 2.45. The van der Waals surface area contributed by atoms with Crippen LogP contribution in [-0.2, 0) is 6.54 Å². The topological polar surface area (TPSA) is 44.1 Å². The van der Waals surface area contributed by atoms with Gasteiger partial charge in [-0.25, -0.2) is 4.98 Å². The molecule has 2 aromatic carbocycles. The number of carbonyl (C=O) groups is 1. The summed E-state index contributed by atoms with van der Waals surface area (Å²) >= 11 is 0. The molecule has 0 saturated heterocycles. The standard InChI is InChI=1S/C18H16N2O2/c1-22-18-9-14(11-20-13-19-10-16(20)12-21)7-8-17(18)15-5-3-2-4-6-15/h2-10,12-13H,11H2,1H3. The number of aldehydes is 1. The number of benzene rings is 2. The predicted octanol–water partition coefficient (Wildman–Crippen LogP) is 3.42. The highest BCUT2D eigenvalue weighted by Crippen LogP contribution is 2.30. The summed E-state index contributed by atoms with van der Waals surface area (Å²) in [4.78, 5) is 15.0. The van der Waals surface area contributed by atoms with Gasteiger partial charge in [-0.15, -0.1) is 0 Å². The third-order valence-electron chi connectivity index (χ3n) is 3.57. The number of ether oxygens (including phenoxy) is 1. The minimum atomic E-state index is 0.561. The Labute approximate surface area is 129 Å². The molecule has 3 rings (SSSR count). The number of carbonyl (C=O) groups excluding carboxylic acids is 1. The highest BCUT2D eigenvalue weighted by Gasteiger charge is 2.08. The molecule has 3 aromatic rings. The minimum Gasteiger partial charge on any atom is -0.496 e. The van der Waals surface area contributed by atoms with Crippen LogP contribution in [0.5, 0.6) is 5.75 Å². The maximum Gasteiger partial charge on any atom is 0.168 e. The normalized spacial score (nSPS) is 10.4. The SMILES string of the molecule is COc1cc(Cn2cncc2C=O)ccc1-c1ccccc1. The van der Waals surface area contributed by atoms with Crippen molar-refractivity contribution in [3.8, 4) is 16.9 Å². The Bertz CT molecular complexity index is 779. The lowest BCUT2D eigenvalue weighted by atomic mass is 10.0. The van der Waals surface area contributed by atoms with Crippen LogP contribution in [0.3, 0.4) is 0 Å². The number of methoxy groups -OCH3 is 1. The van der Waals surface area contributed by atoms with E-state index >= 15 is 0 Å². The van der Waals surface area contributed by atoms with E-state index in [1.165, 1.54) is 0 Å². The Morgan fingerprint density at radius 3 is 2.73 bits per heavy atom. The van der Waals surface area contributed by atoms with Crippen LogP contribution in [0.1, 0.15) is 16.1 Å². The van der Waals surface area contributed by atoms with Gasteiger partial charge < -0.3 is 9.30 Å². The van der Waals surface area contributed by atoms with E-state index in [4.69, 9.17) is 4.74 Å². The van der Waals surface area contributed by atoms with Gasteiger partial charge in [-0.3, -0.25) is 4.79 Å². The lowest BCUT2D eigenvalue weighted by Crippen LogP contribution is -2.02. The van der Waals surface area contributed by atoms with E-state index in [2.05, 4.69) is 17.1 Å². The smallest absolute Gasteiger partial charge is 0.168 e. The molecule has 22 heavy (non-hydrogen) atoms. The quantitative estimate of drug-likeness (QED) is 0.677. The van der Waals surface area contributed by atoms with Crippen molar-refractivity contribution >= 4 is 6.29 Å². The van der Waals surface area contributed by atoms with E-state index in [-0.39, 0.29) is 0 Å². The first kappa shape index (κ1) is 14.1. The van der Waals surface area contributed by atoms with Crippen molar-refractivity contribution in [1.29, 1.82) is 0 Å². The van der Waals surface area contributed by atoms with Crippen LogP contribution in [0.2, 0.25) is 0 Å². The zero-order valence-electron chi connectivity index (χ0n) is 12.3. The molecule has 0 spiro atoms. The molecule has 0 amide bonds. The third-order valence-corrected chi connectivity index (χ3v) is 3.57. The molecular weight excluding hydrogens is 276 g/mol. The zero-order chi connectivity index (χ0) is 15.4. The third kappa shape index (κ3) is 2.76. The second-order valence-electron chi connectivity index (χ2n) is 4.96. The average Bonchev–Trinajstić information content (AvgIpc) is 3.02. The molecule has 1 heterocycles. The van der Waals surface area contributed by atoms with Crippen molar-refractivity contribution < 1.29 is 9.53 Å². The van der Waals surface area contributed by atoms with Crippen molar-refractivity contribution in [2.45, 2.75) is 6.54 Å². The van der Waals surface area contributed by atoms with Crippen LogP contribution in [0.25, 0.3) is 11.1 Å². The van der Waals surface area contributed by atoms with Gasteiger partial charge >= 0.3 is 0 Å². The van der Waals surface area contributed by atoms with Crippen LogP contribution >= 0.6 is 0 Å². The summed E-state index contributed by atoms with van der Waals surface area (Å²) in [6.45, 7) is 0.583. The first-order valence-corrected chi connectivity index (χ1v) is 6.99. The van der Waals surface area contributed by atoms with Crippen LogP contribution in [0.15, 0.2) is 61.1 Å². The number of rotatable bonds is 5. The lowest BCUT2D eigenvalue weighted by Gasteiger charge is -2.12. The molecule has 0 fully saturated rings. The minimum absolute atomic E-state index is 0.561. The van der Waals surface area contributed by atoms with Gasteiger partial charge in [0.05, 0.1) is 19.6 Å². The molecule has 110 valence electrons. The lowest BCUT2D eigenvalue weighted by molar-refractivity contribution is 0.111. The molecule has 0 saturated carbocycles. The summed E-state index contributed by atoms with van der Waals surface area (Å²) in [7, 11) is 1.67. The van der Waals surface area contributed by atoms with E-state index in [0.29, 0.717) is 12.2 Å². The maximum absolute atomic E-state index is 11.0. The second-order valence-corrected chi connectivity index (χ2v) is 4.96. The number of nitrogens with zero attached hydrogens (tertiary/aromatic N) is 2. The molecular formula is C18H16N2O2. The largest absolute Gasteiger partial charge is 0.496 e. The molecule has 0 N–H and O–H groups in total. The van der Waals surface area contributed by atoms with Crippen molar-refractivity contribution in [3.05, 3.63) is 72.3 Å². The number of aromatic nitrogens is 2. The highest BCUT2D eigenvalue weighted by atomic mass is 16.5. The van der Waals surface area contributed by atoms with Gasteiger partial charge in [0.1, 0.15) is 11.4 Å². The molecule has 0 unspecified atom stereocenters. The predicted molar refractivity (Wildman–Crippen MR) is 85.1 cm³/mol. The van der Waals surface area contributed by atoms with Gasteiger partial charge in [0.15, 0.2) is 6.29 Å². The molecule has 0 bridgehead atoms. The fourth-order valence-corrected chi connectivity index (χ4v) is 2.45. The molecule has 0 aliphatic heterocycles. The molecule has 1 aromatic heterocycles. The van der Waals surface area contributed by atoms with Crippen molar-refractivity contribution in [1.82, 2.24) is 9.55 Å². The maximum atomic E-state index is 11.0. The van der Waals surface area contributed by atoms with E-state index in [0.717, 1.165) is 28.7 Å². The Morgan fingerprint density at radius 2 is 2.00 bits per heavy atom. The Balaban J connectivity index is 1.94. The summed E-state index contributed by atoms with van der Waals surface area (Å²) in [6, 6.07) is 16.2. The summed E-state index contributed by atoms with van der Waals surface area (Å²) in [5, 5.41) is 0. The number of hydrogen-bond donors (Lipinski definition) is 0. The zero-order valence-corrected chi connectivity index (χ0v) is 12.3. The monoisotopic (exact) mass is 292 g/mol. The Hall–Kier alpha value is -2.88. The molecule has 4 heteroatoms. The first-order valence-electron chi connectivity index (χ1n) is 6.99. The van der Waals surface area contributed by atoms with E-state index in [9.17, 15) is 4.79 Å². The van der Waals surface area contributed by atoms with Crippen LogP contribution in [0.4, 0.5) is 0 Å². The van der Waals surface area contributed by atoms with Crippen molar-refractivity contribution in [3.63, 3.8) is 0 Å². The van der Waals surface area contributed by atoms with Crippen LogP contribution in [-0.4, -0.2) is 22.9 Å². The molecule has 0 atom stereocenters. The van der Waals surface area contributed by atoms with Gasteiger partial charge in [0.2, 0.25) is 0 Å². The molecule has 0 aliphatic carbocycles. The van der Waals surface area contributed by atoms with Gasteiger partial charge in [-0.05, 0) is 17.2 Å². The number of imidazole rings is 1. The van der Waals surface area contributed by atoms with E-state index in [1.54, 1.807) is 19.6 Å². The molecule has 4 nitrogen and oxygen atoms in total. The summed E-state index contributed by atoms with van der Waals surface area (Å²) in [5.41, 5.74) is 3.78. The van der Waals surface area contributed by atoms with Crippen molar-refractivity contribution in [2.24, 2.45) is 0 Å². The molecule has 0 radical (unpaired) electrons. The van der Waals surface area contributed by atoms with Gasteiger partial charge in [0.25, 0.3) is 0 Å². The van der Waals surface area contributed by atoms with Gasteiger partial charge in [0, 0.05) is 12.1 Å². The second kappa shape index (κ2) is 6.26. The average molecular weight is 292 g/mol. The van der Waals surface area contributed by atoms with Gasteiger partial charge in [-0.2, -0.15) is 0 Å². The highest BCUT2D eigenvalue weighted by molar-refractivity contribution is 5.72. The molecule has 0 aliphatic rings.